The van der Waals surface area contributed by atoms with Crippen molar-refractivity contribution in [2.75, 3.05) is 26.2 Å². The molecule has 3 rings (SSSR count). The van der Waals surface area contributed by atoms with Gasteiger partial charge in [0.05, 0.1) is 6.42 Å². The largest absolute Gasteiger partial charge is 0.508 e. The normalized spacial score (nSPS) is 15.9. The van der Waals surface area contributed by atoms with Crippen LogP contribution >= 0.6 is 0 Å². The van der Waals surface area contributed by atoms with E-state index in [2.05, 4.69) is 29.2 Å². The highest BCUT2D eigenvalue weighted by molar-refractivity contribution is 5.78. The number of nitrogens with zero attached hydrogens (tertiary/aromatic N) is 2. The first-order chi connectivity index (χ1) is 11.7. The molecule has 1 aliphatic heterocycles. The van der Waals surface area contributed by atoms with Crippen LogP contribution in [0.15, 0.2) is 54.6 Å². The van der Waals surface area contributed by atoms with Crippen LogP contribution in [0.2, 0.25) is 0 Å². The second kappa shape index (κ2) is 7.97. The first-order valence-electron chi connectivity index (χ1n) is 8.53. The molecule has 1 aliphatic rings. The Labute approximate surface area is 143 Å². The Morgan fingerprint density at radius 3 is 2.38 bits per heavy atom. The molecule has 1 heterocycles. The highest BCUT2D eigenvalue weighted by Crippen LogP contribution is 2.13. The summed E-state index contributed by atoms with van der Waals surface area (Å²) in [7, 11) is 0. The molecule has 2 aromatic carbocycles. The topological polar surface area (TPSA) is 43.8 Å². The average molecular weight is 324 g/mol. The molecule has 0 saturated carbocycles. The van der Waals surface area contributed by atoms with Gasteiger partial charge in [0.2, 0.25) is 5.91 Å². The fourth-order valence-electron chi connectivity index (χ4n) is 3.12. The number of hydrogen-bond donors (Lipinski definition) is 1. The second-order valence-electron chi connectivity index (χ2n) is 6.34. The Hall–Kier alpha value is -2.33. The summed E-state index contributed by atoms with van der Waals surface area (Å²) in [4.78, 5) is 16.9. The molecule has 126 valence electrons. The maximum absolute atomic E-state index is 12.5. The monoisotopic (exact) mass is 324 g/mol. The number of carbonyl (C=O) groups excluding carboxylic acids is 1. The molecule has 0 unspecified atom stereocenters. The van der Waals surface area contributed by atoms with Gasteiger partial charge in [0.15, 0.2) is 0 Å². The Bertz CT molecular complexity index is 655. The van der Waals surface area contributed by atoms with Gasteiger partial charge >= 0.3 is 0 Å². The van der Waals surface area contributed by atoms with Crippen LogP contribution in [0.1, 0.15) is 17.5 Å². The van der Waals surface area contributed by atoms with Gasteiger partial charge in [-0.05, 0) is 29.7 Å². The summed E-state index contributed by atoms with van der Waals surface area (Å²) >= 11 is 0. The van der Waals surface area contributed by atoms with Gasteiger partial charge in [-0.25, -0.2) is 0 Å². The lowest BCUT2D eigenvalue weighted by atomic mass is 10.1. The lowest BCUT2D eigenvalue weighted by Gasteiger charge is -2.22. The van der Waals surface area contributed by atoms with Crippen molar-refractivity contribution in [2.45, 2.75) is 19.4 Å². The summed E-state index contributed by atoms with van der Waals surface area (Å²) in [6.07, 6.45) is 1.41. The van der Waals surface area contributed by atoms with Gasteiger partial charge in [-0.3, -0.25) is 9.69 Å². The third kappa shape index (κ3) is 4.59. The molecule has 4 heteroatoms. The summed E-state index contributed by atoms with van der Waals surface area (Å²) < 4.78 is 0. The first-order valence-corrected chi connectivity index (χ1v) is 8.53. The number of hydrogen-bond acceptors (Lipinski definition) is 3. The second-order valence-corrected chi connectivity index (χ2v) is 6.34. The maximum atomic E-state index is 12.5. The van der Waals surface area contributed by atoms with Gasteiger partial charge in [0, 0.05) is 32.7 Å². The van der Waals surface area contributed by atoms with Crippen molar-refractivity contribution in [3.05, 3.63) is 65.7 Å². The smallest absolute Gasteiger partial charge is 0.227 e. The van der Waals surface area contributed by atoms with E-state index in [1.807, 2.05) is 23.1 Å². The molecule has 1 fully saturated rings. The standard InChI is InChI=1S/C20H24N2O2/c23-19-9-7-17(8-10-19)15-20(24)22-12-4-11-21(13-14-22)16-18-5-2-1-3-6-18/h1-3,5-10,23H,4,11-16H2. The predicted octanol–water partition coefficient (Wildman–Crippen LogP) is 2.67. The summed E-state index contributed by atoms with van der Waals surface area (Å²) in [5.41, 5.74) is 2.27. The summed E-state index contributed by atoms with van der Waals surface area (Å²) in [5.74, 6) is 0.403. The van der Waals surface area contributed by atoms with E-state index in [0.29, 0.717) is 6.42 Å². The molecule has 2 aromatic rings. The minimum Gasteiger partial charge on any atom is -0.508 e. The van der Waals surface area contributed by atoms with Gasteiger partial charge < -0.3 is 10.0 Å². The average Bonchev–Trinajstić information content (AvgIpc) is 2.83. The lowest BCUT2D eigenvalue weighted by molar-refractivity contribution is -0.130. The first kappa shape index (κ1) is 16.5. The van der Waals surface area contributed by atoms with Crippen molar-refractivity contribution in [2.24, 2.45) is 0 Å². The van der Waals surface area contributed by atoms with Crippen LogP contribution in [-0.2, 0) is 17.8 Å². The lowest BCUT2D eigenvalue weighted by Crippen LogP contribution is -2.36. The molecule has 0 bridgehead atoms. The van der Waals surface area contributed by atoms with Gasteiger partial charge in [-0.1, -0.05) is 42.5 Å². The summed E-state index contributed by atoms with van der Waals surface area (Å²) in [6, 6.07) is 17.4. The van der Waals surface area contributed by atoms with Crippen molar-refractivity contribution in [1.29, 1.82) is 0 Å². The number of phenols is 1. The number of amides is 1. The number of rotatable bonds is 4. The molecule has 0 aliphatic carbocycles. The van der Waals surface area contributed by atoms with E-state index in [9.17, 15) is 9.90 Å². The van der Waals surface area contributed by atoms with E-state index in [0.717, 1.165) is 44.7 Å². The number of aromatic hydroxyl groups is 1. The molecular formula is C20H24N2O2. The van der Waals surface area contributed by atoms with Crippen molar-refractivity contribution in [1.82, 2.24) is 9.80 Å². The number of phenolic OH excluding ortho intramolecular Hbond substituents is 1. The van der Waals surface area contributed by atoms with E-state index in [-0.39, 0.29) is 11.7 Å². The van der Waals surface area contributed by atoms with Crippen LogP contribution in [0, 0.1) is 0 Å². The molecule has 24 heavy (non-hydrogen) atoms. The van der Waals surface area contributed by atoms with Crippen LogP contribution < -0.4 is 0 Å². The van der Waals surface area contributed by atoms with E-state index in [4.69, 9.17) is 0 Å². The van der Waals surface area contributed by atoms with Crippen LogP contribution in [-0.4, -0.2) is 47.0 Å². The van der Waals surface area contributed by atoms with Crippen LogP contribution in [0.25, 0.3) is 0 Å². The van der Waals surface area contributed by atoms with Crippen molar-refractivity contribution >= 4 is 5.91 Å². The minimum absolute atomic E-state index is 0.169. The molecule has 0 atom stereocenters. The fourth-order valence-corrected chi connectivity index (χ4v) is 3.12. The molecule has 0 aromatic heterocycles. The number of benzene rings is 2. The predicted molar refractivity (Wildman–Crippen MR) is 94.7 cm³/mol. The maximum Gasteiger partial charge on any atom is 0.227 e. The minimum atomic E-state index is 0.169. The molecule has 1 N–H and O–H groups in total. The highest BCUT2D eigenvalue weighted by atomic mass is 16.3. The van der Waals surface area contributed by atoms with Crippen molar-refractivity contribution < 1.29 is 9.90 Å². The fraction of sp³-hybridized carbons (Fsp3) is 0.350. The third-order valence-electron chi connectivity index (χ3n) is 4.48. The van der Waals surface area contributed by atoms with E-state index >= 15 is 0 Å². The van der Waals surface area contributed by atoms with Gasteiger partial charge in [0.25, 0.3) is 0 Å². The highest BCUT2D eigenvalue weighted by Gasteiger charge is 2.19. The van der Waals surface area contributed by atoms with E-state index in [1.165, 1.54) is 5.56 Å². The SMILES string of the molecule is O=C(Cc1ccc(O)cc1)N1CCCN(Cc2ccccc2)CC1. The molecule has 0 spiro atoms. The Balaban J connectivity index is 1.53. The zero-order valence-corrected chi connectivity index (χ0v) is 13.9. The van der Waals surface area contributed by atoms with Crippen LogP contribution in [0.5, 0.6) is 5.75 Å². The number of carbonyl (C=O) groups is 1. The molecule has 1 amide bonds. The molecule has 0 radical (unpaired) electrons. The van der Waals surface area contributed by atoms with E-state index in [1.54, 1.807) is 12.1 Å². The zero-order valence-electron chi connectivity index (χ0n) is 13.9. The Morgan fingerprint density at radius 2 is 1.62 bits per heavy atom. The van der Waals surface area contributed by atoms with Gasteiger partial charge in [-0.2, -0.15) is 0 Å². The Kier molecular flexibility index (Phi) is 5.49. The van der Waals surface area contributed by atoms with Gasteiger partial charge in [0.1, 0.15) is 5.75 Å². The molecule has 1 saturated heterocycles. The van der Waals surface area contributed by atoms with Gasteiger partial charge in [-0.15, -0.1) is 0 Å². The quantitative estimate of drug-likeness (QED) is 0.940. The van der Waals surface area contributed by atoms with E-state index < -0.39 is 0 Å². The Morgan fingerprint density at radius 1 is 0.875 bits per heavy atom. The van der Waals surface area contributed by atoms with Crippen LogP contribution in [0.4, 0.5) is 0 Å². The molecular weight excluding hydrogens is 300 g/mol. The summed E-state index contributed by atoms with van der Waals surface area (Å²) in [6.45, 7) is 4.49. The summed E-state index contributed by atoms with van der Waals surface area (Å²) in [5, 5.41) is 9.33. The van der Waals surface area contributed by atoms with Crippen LogP contribution in [0.3, 0.4) is 0 Å². The molecule has 4 nitrogen and oxygen atoms in total. The van der Waals surface area contributed by atoms with Crippen molar-refractivity contribution in [3.8, 4) is 5.75 Å². The van der Waals surface area contributed by atoms with Crippen molar-refractivity contribution in [3.63, 3.8) is 0 Å². The third-order valence-corrected chi connectivity index (χ3v) is 4.48. The zero-order chi connectivity index (χ0) is 16.8.